The minimum atomic E-state index is -0.885. The molecule has 3 atom stereocenters. The molecule has 17 heavy (non-hydrogen) atoms. The topological polar surface area (TPSA) is 66.4 Å². The molecule has 0 aromatic heterocycles. The molecule has 0 aromatic carbocycles. The van der Waals surface area contributed by atoms with Crippen LogP contribution < -0.4 is 5.32 Å². The molecule has 4 nitrogen and oxygen atoms in total. The zero-order valence-electron chi connectivity index (χ0n) is 11.0. The number of carboxylic acid groups (broad SMARTS) is 1. The summed E-state index contributed by atoms with van der Waals surface area (Å²) in [6, 6.07) is -0.339. The van der Waals surface area contributed by atoms with Crippen molar-refractivity contribution in [1.29, 1.82) is 0 Å². The largest absolute Gasteiger partial charge is 0.481 e. The van der Waals surface area contributed by atoms with Crippen LogP contribution in [0.5, 0.6) is 0 Å². The normalized spacial score (nSPS) is 16.0. The van der Waals surface area contributed by atoms with Crippen molar-refractivity contribution in [2.24, 2.45) is 5.92 Å². The van der Waals surface area contributed by atoms with Gasteiger partial charge in [0.1, 0.15) is 0 Å². The lowest BCUT2D eigenvalue weighted by atomic mass is 10.0. The highest BCUT2D eigenvalue weighted by atomic mass is 32.2. The van der Waals surface area contributed by atoms with Crippen molar-refractivity contribution in [3.63, 3.8) is 0 Å². The third-order valence-corrected chi connectivity index (χ3v) is 3.98. The third-order valence-electron chi connectivity index (χ3n) is 2.74. The van der Waals surface area contributed by atoms with Crippen molar-refractivity contribution in [2.75, 3.05) is 5.75 Å². The van der Waals surface area contributed by atoms with Crippen molar-refractivity contribution in [3.8, 4) is 0 Å². The summed E-state index contributed by atoms with van der Waals surface area (Å²) in [5.74, 6) is -0.559. The van der Waals surface area contributed by atoms with Crippen LogP contribution in [-0.2, 0) is 9.59 Å². The monoisotopic (exact) mass is 261 g/mol. The maximum atomic E-state index is 11.7. The standard InChI is InChI=1S/C12H23NO3S/c1-5-6-7-17-10(4)11(14)13-9(3)8(2)12(15)16/h8-10H,5-7H2,1-4H3,(H,13,14)(H,15,16). The fourth-order valence-electron chi connectivity index (χ4n) is 1.16. The SMILES string of the molecule is CCCCSC(C)C(=O)NC(C)C(C)C(=O)O. The molecule has 1 amide bonds. The average molecular weight is 261 g/mol. The third kappa shape index (κ3) is 6.56. The first-order chi connectivity index (χ1) is 7.90. The molecule has 100 valence electrons. The highest BCUT2D eigenvalue weighted by molar-refractivity contribution is 8.00. The van der Waals surface area contributed by atoms with E-state index < -0.39 is 11.9 Å². The Kier molecular flexibility index (Phi) is 8.04. The number of carboxylic acids is 1. The molecule has 0 aromatic rings. The van der Waals surface area contributed by atoms with Gasteiger partial charge in [0.2, 0.25) is 5.91 Å². The number of amides is 1. The number of nitrogens with one attached hydrogen (secondary N) is 1. The summed E-state index contributed by atoms with van der Waals surface area (Å²) in [6.07, 6.45) is 2.22. The van der Waals surface area contributed by atoms with Crippen LogP contribution in [0.25, 0.3) is 0 Å². The Morgan fingerprint density at radius 2 is 1.88 bits per heavy atom. The molecule has 0 saturated heterocycles. The van der Waals surface area contributed by atoms with Gasteiger partial charge in [-0.2, -0.15) is 0 Å². The van der Waals surface area contributed by atoms with Crippen LogP contribution in [0.1, 0.15) is 40.5 Å². The highest BCUT2D eigenvalue weighted by Gasteiger charge is 2.23. The smallest absolute Gasteiger partial charge is 0.308 e. The molecule has 3 unspecified atom stereocenters. The second-order valence-electron chi connectivity index (χ2n) is 4.29. The minimum Gasteiger partial charge on any atom is -0.481 e. The summed E-state index contributed by atoms with van der Waals surface area (Å²) in [4.78, 5) is 22.5. The Hall–Kier alpha value is -0.710. The van der Waals surface area contributed by atoms with Crippen molar-refractivity contribution in [3.05, 3.63) is 0 Å². The Morgan fingerprint density at radius 1 is 1.29 bits per heavy atom. The van der Waals surface area contributed by atoms with E-state index in [0.29, 0.717) is 0 Å². The number of thioether (sulfide) groups is 1. The van der Waals surface area contributed by atoms with E-state index in [2.05, 4.69) is 12.2 Å². The Labute approximate surface area is 108 Å². The van der Waals surface area contributed by atoms with Crippen molar-refractivity contribution >= 4 is 23.6 Å². The van der Waals surface area contributed by atoms with E-state index in [1.165, 1.54) is 0 Å². The van der Waals surface area contributed by atoms with Gasteiger partial charge < -0.3 is 10.4 Å². The Morgan fingerprint density at radius 3 is 2.35 bits per heavy atom. The zero-order valence-corrected chi connectivity index (χ0v) is 11.8. The van der Waals surface area contributed by atoms with E-state index >= 15 is 0 Å². The number of hydrogen-bond acceptors (Lipinski definition) is 3. The van der Waals surface area contributed by atoms with Gasteiger partial charge in [0.15, 0.2) is 0 Å². The number of carbonyl (C=O) groups is 2. The zero-order chi connectivity index (χ0) is 13.4. The fourth-order valence-corrected chi connectivity index (χ4v) is 2.19. The van der Waals surface area contributed by atoms with E-state index in [1.54, 1.807) is 25.6 Å². The summed E-state index contributed by atoms with van der Waals surface area (Å²) >= 11 is 1.61. The van der Waals surface area contributed by atoms with Gasteiger partial charge in [-0.3, -0.25) is 9.59 Å². The number of carbonyl (C=O) groups excluding carboxylic acids is 1. The Balaban J connectivity index is 4.02. The van der Waals surface area contributed by atoms with Gasteiger partial charge in [0.25, 0.3) is 0 Å². The predicted molar refractivity (Wildman–Crippen MR) is 71.2 cm³/mol. The Bertz CT molecular complexity index is 258. The van der Waals surface area contributed by atoms with Crippen LogP contribution in [0, 0.1) is 5.92 Å². The van der Waals surface area contributed by atoms with E-state index in [1.807, 2.05) is 6.92 Å². The second-order valence-corrected chi connectivity index (χ2v) is 5.74. The molecular formula is C12H23NO3S. The second kappa shape index (κ2) is 8.39. The van der Waals surface area contributed by atoms with Crippen molar-refractivity contribution in [2.45, 2.75) is 51.8 Å². The highest BCUT2D eigenvalue weighted by Crippen LogP contribution is 2.13. The van der Waals surface area contributed by atoms with Gasteiger partial charge in [0, 0.05) is 6.04 Å². The first-order valence-corrected chi connectivity index (χ1v) is 7.09. The molecule has 0 fully saturated rings. The first-order valence-electron chi connectivity index (χ1n) is 6.04. The maximum Gasteiger partial charge on any atom is 0.308 e. The van der Waals surface area contributed by atoms with Gasteiger partial charge in [-0.25, -0.2) is 0 Å². The maximum absolute atomic E-state index is 11.7. The molecule has 0 spiro atoms. The molecule has 0 heterocycles. The lowest BCUT2D eigenvalue weighted by Crippen LogP contribution is -2.43. The molecular weight excluding hydrogens is 238 g/mol. The molecule has 0 aliphatic rings. The number of unbranched alkanes of at least 4 members (excludes halogenated alkanes) is 1. The minimum absolute atomic E-state index is 0.0771. The quantitative estimate of drug-likeness (QED) is 0.657. The molecule has 0 rings (SSSR count). The van der Waals surface area contributed by atoms with Crippen LogP contribution in [0.4, 0.5) is 0 Å². The summed E-state index contributed by atoms with van der Waals surface area (Å²) in [7, 11) is 0. The molecule has 0 aliphatic heterocycles. The van der Waals surface area contributed by atoms with Crippen LogP contribution in [0.15, 0.2) is 0 Å². The summed E-state index contributed by atoms with van der Waals surface area (Å²) < 4.78 is 0. The van der Waals surface area contributed by atoms with E-state index in [9.17, 15) is 9.59 Å². The van der Waals surface area contributed by atoms with Gasteiger partial charge in [-0.1, -0.05) is 13.3 Å². The molecule has 0 bridgehead atoms. The number of hydrogen-bond donors (Lipinski definition) is 2. The molecule has 5 heteroatoms. The van der Waals surface area contributed by atoms with E-state index in [4.69, 9.17) is 5.11 Å². The summed E-state index contributed by atoms with van der Waals surface area (Å²) in [6.45, 7) is 7.29. The average Bonchev–Trinajstić information content (AvgIpc) is 2.27. The first kappa shape index (κ1) is 16.3. The van der Waals surface area contributed by atoms with Crippen molar-refractivity contribution < 1.29 is 14.7 Å². The van der Waals surface area contributed by atoms with Crippen LogP contribution in [0.2, 0.25) is 0 Å². The number of rotatable bonds is 8. The summed E-state index contributed by atoms with van der Waals surface area (Å²) in [5, 5.41) is 11.4. The van der Waals surface area contributed by atoms with Crippen LogP contribution in [0.3, 0.4) is 0 Å². The van der Waals surface area contributed by atoms with Gasteiger partial charge in [0.05, 0.1) is 11.2 Å². The van der Waals surface area contributed by atoms with Crippen LogP contribution >= 0.6 is 11.8 Å². The summed E-state index contributed by atoms with van der Waals surface area (Å²) in [5.41, 5.74) is 0. The lowest BCUT2D eigenvalue weighted by Gasteiger charge is -2.20. The fraction of sp³-hybridized carbons (Fsp3) is 0.833. The molecule has 0 aliphatic carbocycles. The lowest BCUT2D eigenvalue weighted by molar-refractivity contribution is -0.142. The van der Waals surface area contributed by atoms with Crippen LogP contribution in [-0.4, -0.2) is 34.0 Å². The molecule has 2 N–H and O–H groups in total. The van der Waals surface area contributed by atoms with E-state index in [0.717, 1.165) is 18.6 Å². The van der Waals surface area contributed by atoms with Gasteiger partial charge in [-0.05, 0) is 32.9 Å². The van der Waals surface area contributed by atoms with E-state index in [-0.39, 0.29) is 17.2 Å². The predicted octanol–water partition coefficient (Wildman–Crippen LogP) is 2.13. The van der Waals surface area contributed by atoms with Gasteiger partial charge in [-0.15, -0.1) is 11.8 Å². The molecule has 0 radical (unpaired) electrons. The van der Waals surface area contributed by atoms with Crippen molar-refractivity contribution in [1.82, 2.24) is 5.32 Å². The van der Waals surface area contributed by atoms with Gasteiger partial charge >= 0.3 is 5.97 Å². The number of aliphatic carboxylic acids is 1. The molecule has 0 saturated carbocycles.